The second-order valence-corrected chi connectivity index (χ2v) is 7.78. The van der Waals surface area contributed by atoms with Crippen LogP contribution in [0.5, 0.6) is 0 Å². The van der Waals surface area contributed by atoms with Crippen LogP contribution in [0.1, 0.15) is 10.8 Å². The van der Waals surface area contributed by atoms with Gasteiger partial charge in [0.25, 0.3) is 0 Å². The Morgan fingerprint density at radius 3 is 2.52 bits per heavy atom. The van der Waals surface area contributed by atoms with Crippen LogP contribution in [0, 0.1) is 5.82 Å². The standard InChI is InChI=1S/C20H14FN3OS2/c21-14-8-6-12(7-9-14)15-10-26-19-16(15)20(24-11-23-19)27-17(18(22)25)13-4-2-1-3-5-13/h1-11,17H,(H2,22,25). The maximum absolute atomic E-state index is 13.3. The van der Waals surface area contributed by atoms with Crippen LogP contribution in [0.4, 0.5) is 4.39 Å². The van der Waals surface area contributed by atoms with E-state index in [1.54, 1.807) is 12.1 Å². The molecule has 4 rings (SSSR count). The van der Waals surface area contributed by atoms with E-state index in [-0.39, 0.29) is 5.82 Å². The number of aromatic nitrogens is 2. The van der Waals surface area contributed by atoms with Crippen molar-refractivity contribution in [2.24, 2.45) is 5.73 Å². The fraction of sp³-hybridized carbons (Fsp3) is 0.0500. The highest BCUT2D eigenvalue weighted by Crippen LogP contribution is 2.42. The average molecular weight is 395 g/mol. The van der Waals surface area contributed by atoms with Gasteiger partial charge in [0.05, 0.1) is 5.39 Å². The molecule has 2 N–H and O–H groups in total. The van der Waals surface area contributed by atoms with Crippen LogP contribution in [0.15, 0.2) is 71.3 Å². The number of hydrogen-bond acceptors (Lipinski definition) is 5. The number of carbonyl (C=O) groups excluding carboxylic acids is 1. The number of nitrogens with zero attached hydrogens (tertiary/aromatic N) is 2. The van der Waals surface area contributed by atoms with Gasteiger partial charge in [-0.25, -0.2) is 14.4 Å². The second-order valence-electron chi connectivity index (χ2n) is 5.83. The van der Waals surface area contributed by atoms with E-state index >= 15 is 0 Å². The third-order valence-corrected chi connectivity index (χ3v) is 6.24. The maximum atomic E-state index is 13.3. The minimum atomic E-state index is -0.565. The highest BCUT2D eigenvalue weighted by Gasteiger charge is 2.23. The molecule has 0 saturated carbocycles. The summed E-state index contributed by atoms with van der Waals surface area (Å²) in [7, 11) is 0. The number of rotatable bonds is 5. The number of halogens is 1. The largest absolute Gasteiger partial charge is 0.368 e. The van der Waals surface area contributed by atoms with E-state index in [2.05, 4.69) is 9.97 Å². The Balaban J connectivity index is 1.81. The highest BCUT2D eigenvalue weighted by molar-refractivity contribution is 8.00. The Labute approximate surface area is 163 Å². The lowest BCUT2D eigenvalue weighted by Crippen LogP contribution is -2.19. The van der Waals surface area contributed by atoms with Crippen molar-refractivity contribution in [3.63, 3.8) is 0 Å². The van der Waals surface area contributed by atoms with Crippen LogP contribution < -0.4 is 5.73 Å². The molecular formula is C20H14FN3OS2. The lowest BCUT2D eigenvalue weighted by Gasteiger charge is -2.14. The van der Waals surface area contributed by atoms with Crippen LogP contribution in [-0.4, -0.2) is 15.9 Å². The van der Waals surface area contributed by atoms with Crippen molar-refractivity contribution in [3.8, 4) is 11.1 Å². The number of benzene rings is 2. The summed E-state index contributed by atoms with van der Waals surface area (Å²) in [6, 6.07) is 15.7. The molecule has 0 radical (unpaired) electrons. The number of hydrogen-bond donors (Lipinski definition) is 1. The molecule has 1 atom stereocenters. The number of fused-ring (bicyclic) bond motifs is 1. The predicted octanol–water partition coefficient (Wildman–Crippen LogP) is 4.82. The van der Waals surface area contributed by atoms with Gasteiger partial charge in [-0.1, -0.05) is 54.2 Å². The summed E-state index contributed by atoms with van der Waals surface area (Å²) in [6.45, 7) is 0. The molecule has 27 heavy (non-hydrogen) atoms. The first kappa shape index (κ1) is 17.6. The minimum Gasteiger partial charge on any atom is -0.368 e. The summed E-state index contributed by atoms with van der Waals surface area (Å²) in [5, 5.41) is 2.93. The molecule has 0 spiro atoms. The van der Waals surface area contributed by atoms with E-state index in [4.69, 9.17) is 5.73 Å². The molecule has 1 unspecified atom stereocenters. The molecule has 0 fully saturated rings. The van der Waals surface area contributed by atoms with E-state index in [1.807, 2.05) is 35.7 Å². The van der Waals surface area contributed by atoms with Crippen LogP contribution in [0.2, 0.25) is 0 Å². The maximum Gasteiger partial charge on any atom is 0.235 e. The molecule has 0 aliphatic heterocycles. The van der Waals surface area contributed by atoms with E-state index in [1.165, 1.54) is 41.6 Å². The van der Waals surface area contributed by atoms with E-state index < -0.39 is 11.2 Å². The lowest BCUT2D eigenvalue weighted by molar-refractivity contribution is -0.117. The van der Waals surface area contributed by atoms with Crippen molar-refractivity contribution in [1.82, 2.24) is 9.97 Å². The summed E-state index contributed by atoms with van der Waals surface area (Å²) >= 11 is 2.79. The number of thiophene rings is 1. The molecule has 7 heteroatoms. The Morgan fingerprint density at radius 1 is 1.07 bits per heavy atom. The third-order valence-electron chi connectivity index (χ3n) is 4.08. The molecule has 0 aliphatic rings. The molecule has 0 aliphatic carbocycles. The quantitative estimate of drug-likeness (QED) is 0.389. The third kappa shape index (κ3) is 3.56. The van der Waals surface area contributed by atoms with Crippen LogP contribution in [0.3, 0.4) is 0 Å². The molecule has 2 heterocycles. The van der Waals surface area contributed by atoms with Crippen molar-refractivity contribution in [3.05, 3.63) is 77.7 Å². The normalized spacial score (nSPS) is 12.2. The Morgan fingerprint density at radius 2 is 1.81 bits per heavy atom. The fourth-order valence-electron chi connectivity index (χ4n) is 2.81. The van der Waals surface area contributed by atoms with E-state index in [0.29, 0.717) is 5.03 Å². The van der Waals surface area contributed by atoms with E-state index in [0.717, 1.165) is 26.9 Å². The van der Waals surface area contributed by atoms with Gasteiger partial charge in [0.1, 0.15) is 27.3 Å². The van der Waals surface area contributed by atoms with Gasteiger partial charge in [-0.05, 0) is 23.3 Å². The Bertz CT molecular complexity index is 1100. The monoisotopic (exact) mass is 395 g/mol. The number of primary amides is 1. The first-order valence-electron chi connectivity index (χ1n) is 8.12. The Hall–Kier alpha value is -2.77. The molecule has 1 amide bonds. The topological polar surface area (TPSA) is 68.9 Å². The van der Waals surface area contributed by atoms with Gasteiger partial charge < -0.3 is 5.73 Å². The van der Waals surface area contributed by atoms with Crippen LogP contribution >= 0.6 is 23.1 Å². The fourth-order valence-corrected chi connectivity index (χ4v) is 4.85. The number of amides is 1. The molecule has 2 aromatic heterocycles. The first-order chi connectivity index (χ1) is 13.1. The molecule has 0 saturated heterocycles. The molecule has 4 aromatic rings. The van der Waals surface area contributed by atoms with Gasteiger partial charge >= 0.3 is 0 Å². The van der Waals surface area contributed by atoms with Crippen molar-refractivity contribution in [2.75, 3.05) is 0 Å². The van der Waals surface area contributed by atoms with Crippen LogP contribution in [0.25, 0.3) is 21.3 Å². The van der Waals surface area contributed by atoms with Crippen molar-refractivity contribution < 1.29 is 9.18 Å². The lowest BCUT2D eigenvalue weighted by atomic mass is 10.1. The molecule has 2 aromatic carbocycles. The Kier molecular flexibility index (Phi) is 4.87. The van der Waals surface area contributed by atoms with Gasteiger partial charge in [-0.15, -0.1) is 11.3 Å². The van der Waals surface area contributed by atoms with Gasteiger partial charge in [0.15, 0.2) is 0 Å². The predicted molar refractivity (Wildman–Crippen MR) is 107 cm³/mol. The summed E-state index contributed by atoms with van der Waals surface area (Å²) in [5.74, 6) is -0.724. The highest BCUT2D eigenvalue weighted by atomic mass is 32.2. The first-order valence-corrected chi connectivity index (χ1v) is 9.88. The van der Waals surface area contributed by atoms with Crippen molar-refractivity contribution in [2.45, 2.75) is 10.3 Å². The molecule has 0 bridgehead atoms. The average Bonchev–Trinajstić information content (AvgIpc) is 3.12. The molecule has 4 nitrogen and oxygen atoms in total. The second kappa shape index (κ2) is 7.46. The minimum absolute atomic E-state index is 0.290. The summed E-state index contributed by atoms with van der Waals surface area (Å²) in [6.07, 6.45) is 1.48. The summed E-state index contributed by atoms with van der Waals surface area (Å²) in [4.78, 5) is 21.6. The van der Waals surface area contributed by atoms with Gasteiger partial charge in [0, 0.05) is 10.9 Å². The summed E-state index contributed by atoms with van der Waals surface area (Å²) in [5.41, 5.74) is 8.26. The number of carbonyl (C=O) groups is 1. The zero-order valence-corrected chi connectivity index (χ0v) is 15.6. The van der Waals surface area contributed by atoms with Crippen molar-refractivity contribution in [1.29, 1.82) is 0 Å². The van der Waals surface area contributed by atoms with E-state index in [9.17, 15) is 9.18 Å². The van der Waals surface area contributed by atoms with Crippen LogP contribution in [-0.2, 0) is 4.79 Å². The van der Waals surface area contributed by atoms with Gasteiger partial charge in [0.2, 0.25) is 5.91 Å². The van der Waals surface area contributed by atoms with Gasteiger partial charge in [-0.3, -0.25) is 4.79 Å². The molecule has 134 valence electrons. The number of nitrogens with two attached hydrogens (primary N) is 1. The summed E-state index contributed by atoms with van der Waals surface area (Å²) < 4.78 is 13.3. The zero-order valence-electron chi connectivity index (χ0n) is 14.0. The smallest absolute Gasteiger partial charge is 0.235 e. The van der Waals surface area contributed by atoms with Gasteiger partial charge in [-0.2, -0.15) is 0 Å². The SMILES string of the molecule is NC(=O)C(Sc1ncnc2scc(-c3ccc(F)cc3)c12)c1ccccc1. The molecular weight excluding hydrogens is 381 g/mol. The zero-order chi connectivity index (χ0) is 18.8. The number of thioether (sulfide) groups is 1. The van der Waals surface area contributed by atoms with Crippen molar-refractivity contribution >= 4 is 39.2 Å².